The largest absolute Gasteiger partial charge is 0.302 e. The van der Waals surface area contributed by atoms with E-state index >= 15 is 0 Å². The van der Waals surface area contributed by atoms with Crippen molar-refractivity contribution in [3.05, 3.63) is 64.0 Å². The molecule has 0 saturated carbocycles. The van der Waals surface area contributed by atoms with Crippen LogP contribution in [0.2, 0.25) is 5.02 Å². The number of aromatic nitrogens is 1. The number of benzene rings is 2. The standard InChI is InChI=1S/C21H16ClN3O2S3/c22-14-7-2-1-6-13(14)12-17-19(27)25(21(28)30-17)11-5-10-18(26)24-20-23-15-8-3-4-9-16(15)29-20/h1-4,6-9,12H,5,10-11H2,(H,23,24,26)/b17-12-. The van der Waals surface area contributed by atoms with Crippen molar-refractivity contribution in [1.29, 1.82) is 0 Å². The molecule has 1 aliphatic rings. The third kappa shape index (κ3) is 4.73. The third-order valence-electron chi connectivity index (χ3n) is 4.39. The van der Waals surface area contributed by atoms with Crippen LogP contribution >= 0.6 is 46.9 Å². The molecule has 2 amide bonds. The minimum absolute atomic E-state index is 0.133. The predicted octanol–water partition coefficient (Wildman–Crippen LogP) is 5.57. The van der Waals surface area contributed by atoms with Crippen molar-refractivity contribution in [2.75, 3.05) is 11.9 Å². The number of thiocarbonyl (C=S) groups is 1. The second-order valence-corrected chi connectivity index (χ2v) is 9.61. The second-order valence-electron chi connectivity index (χ2n) is 6.49. The molecule has 1 aliphatic heterocycles. The van der Waals surface area contributed by atoms with Crippen molar-refractivity contribution in [3.8, 4) is 0 Å². The maximum atomic E-state index is 12.7. The number of thioether (sulfide) groups is 1. The Hall–Kier alpha value is -2.26. The summed E-state index contributed by atoms with van der Waals surface area (Å²) in [5.41, 5.74) is 1.63. The number of carbonyl (C=O) groups excluding carboxylic acids is 2. The number of para-hydroxylation sites is 1. The molecule has 0 spiro atoms. The number of halogens is 1. The number of anilines is 1. The molecule has 0 atom stereocenters. The molecule has 30 heavy (non-hydrogen) atoms. The molecule has 1 aromatic heterocycles. The maximum absolute atomic E-state index is 12.7. The Labute approximate surface area is 192 Å². The average Bonchev–Trinajstić information content (AvgIpc) is 3.24. The molecular weight excluding hydrogens is 458 g/mol. The molecule has 1 saturated heterocycles. The number of carbonyl (C=O) groups is 2. The lowest BCUT2D eigenvalue weighted by Crippen LogP contribution is -2.29. The van der Waals surface area contributed by atoms with Crippen LogP contribution in [0.1, 0.15) is 18.4 Å². The Kier molecular flexibility index (Phi) is 6.48. The summed E-state index contributed by atoms with van der Waals surface area (Å²) in [5, 5.41) is 3.98. The molecule has 0 unspecified atom stereocenters. The Morgan fingerprint density at radius 1 is 1.20 bits per heavy atom. The molecule has 3 aromatic rings. The second kappa shape index (κ2) is 9.26. The van der Waals surface area contributed by atoms with Gasteiger partial charge in [0.25, 0.3) is 5.91 Å². The number of rotatable bonds is 6. The number of hydrogen-bond donors (Lipinski definition) is 1. The van der Waals surface area contributed by atoms with Crippen molar-refractivity contribution in [3.63, 3.8) is 0 Å². The highest BCUT2D eigenvalue weighted by atomic mass is 35.5. The van der Waals surface area contributed by atoms with Gasteiger partial charge in [0.05, 0.1) is 15.1 Å². The van der Waals surface area contributed by atoms with Crippen LogP contribution in [0.15, 0.2) is 53.4 Å². The summed E-state index contributed by atoms with van der Waals surface area (Å²) in [6.07, 6.45) is 2.53. The van der Waals surface area contributed by atoms with Gasteiger partial charge in [-0.1, -0.05) is 77.2 Å². The van der Waals surface area contributed by atoms with E-state index in [0.717, 1.165) is 15.8 Å². The molecule has 0 radical (unpaired) electrons. The molecule has 1 N–H and O–H groups in total. The summed E-state index contributed by atoms with van der Waals surface area (Å²) in [6, 6.07) is 15.1. The minimum atomic E-state index is -0.156. The molecule has 152 valence electrons. The zero-order valence-electron chi connectivity index (χ0n) is 15.6. The minimum Gasteiger partial charge on any atom is -0.302 e. The molecule has 5 nitrogen and oxygen atoms in total. The maximum Gasteiger partial charge on any atom is 0.266 e. The Balaban J connectivity index is 1.32. The molecule has 0 aliphatic carbocycles. The van der Waals surface area contributed by atoms with Gasteiger partial charge in [0.1, 0.15) is 4.32 Å². The van der Waals surface area contributed by atoms with Crippen LogP contribution in [0, 0.1) is 0 Å². The summed E-state index contributed by atoms with van der Waals surface area (Å²) in [5.74, 6) is -0.289. The number of nitrogens with zero attached hydrogens (tertiary/aromatic N) is 2. The van der Waals surface area contributed by atoms with Crippen LogP contribution in [0.3, 0.4) is 0 Å². The van der Waals surface area contributed by atoms with E-state index in [0.29, 0.717) is 32.3 Å². The molecule has 0 bridgehead atoms. The number of hydrogen-bond acceptors (Lipinski definition) is 6. The van der Waals surface area contributed by atoms with Crippen molar-refractivity contribution in [2.24, 2.45) is 0 Å². The summed E-state index contributed by atoms with van der Waals surface area (Å²) in [4.78, 5) is 31.4. The lowest BCUT2D eigenvalue weighted by molar-refractivity contribution is -0.122. The topological polar surface area (TPSA) is 62.3 Å². The SMILES string of the molecule is O=C(CCCN1C(=O)/C(=C/c2ccccc2Cl)SC1=S)Nc1nc2ccccc2s1. The lowest BCUT2D eigenvalue weighted by atomic mass is 10.2. The summed E-state index contributed by atoms with van der Waals surface area (Å²) in [6.45, 7) is 0.387. The number of thiazole rings is 1. The van der Waals surface area contributed by atoms with Gasteiger partial charge < -0.3 is 5.32 Å². The number of fused-ring (bicyclic) bond motifs is 1. The van der Waals surface area contributed by atoms with Crippen molar-refractivity contribution in [2.45, 2.75) is 12.8 Å². The predicted molar refractivity (Wildman–Crippen MR) is 129 cm³/mol. The summed E-state index contributed by atoms with van der Waals surface area (Å²) >= 11 is 14.2. The first-order valence-corrected chi connectivity index (χ1v) is 11.6. The summed E-state index contributed by atoms with van der Waals surface area (Å²) in [7, 11) is 0. The molecule has 2 aromatic carbocycles. The van der Waals surface area contributed by atoms with E-state index < -0.39 is 0 Å². The third-order valence-corrected chi connectivity index (χ3v) is 7.07. The first-order chi connectivity index (χ1) is 14.5. The van der Waals surface area contributed by atoms with E-state index in [1.165, 1.54) is 28.0 Å². The zero-order chi connectivity index (χ0) is 21.1. The van der Waals surface area contributed by atoms with Gasteiger partial charge in [-0.2, -0.15) is 0 Å². The van der Waals surface area contributed by atoms with Gasteiger partial charge in [-0.3, -0.25) is 14.5 Å². The van der Waals surface area contributed by atoms with E-state index in [1.54, 1.807) is 12.1 Å². The van der Waals surface area contributed by atoms with Gasteiger partial charge in [-0.05, 0) is 36.3 Å². The van der Waals surface area contributed by atoms with Gasteiger partial charge in [0.15, 0.2) is 5.13 Å². The van der Waals surface area contributed by atoms with Crippen LogP contribution < -0.4 is 5.32 Å². The van der Waals surface area contributed by atoms with Crippen molar-refractivity contribution < 1.29 is 9.59 Å². The van der Waals surface area contributed by atoms with Crippen LogP contribution in [-0.2, 0) is 9.59 Å². The summed E-state index contributed by atoms with van der Waals surface area (Å²) < 4.78 is 1.51. The number of amides is 2. The van der Waals surface area contributed by atoms with Crippen LogP contribution in [-0.4, -0.2) is 32.6 Å². The number of nitrogens with one attached hydrogen (secondary N) is 1. The van der Waals surface area contributed by atoms with Gasteiger partial charge in [-0.25, -0.2) is 4.98 Å². The Bertz CT molecular complexity index is 1140. The van der Waals surface area contributed by atoms with Gasteiger partial charge in [0, 0.05) is 18.0 Å². The van der Waals surface area contributed by atoms with E-state index in [9.17, 15) is 9.59 Å². The van der Waals surface area contributed by atoms with Gasteiger partial charge in [0.2, 0.25) is 5.91 Å². The molecule has 1 fully saturated rings. The highest BCUT2D eigenvalue weighted by Gasteiger charge is 2.31. The molecule has 2 heterocycles. The van der Waals surface area contributed by atoms with E-state index in [2.05, 4.69) is 10.3 Å². The zero-order valence-corrected chi connectivity index (χ0v) is 18.8. The normalized spacial score (nSPS) is 15.4. The highest BCUT2D eigenvalue weighted by molar-refractivity contribution is 8.26. The quantitative estimate of drug-likeness (QED) is 0.374. The fourth-order valence-electron chi connectivity index (χ4n) is 2.93. The Morgan fingerprint density at radius 3 is 2.77 bits per heavy atom. The fourth-order valence-corrected chi connectivity index (χ4v) is 5.30. The molecular formula is C21H16ClN3O2S3. The first kappa shape index (κ1) is 21.0. The van der Waals surface area contributed by atoms with Gasteiger partial charge in [-0.15, -0.1) is 0 Å². The average molecular weight is 474 g/mol. The van der Waals surface area contributed by atoms with Crippen LogP contribution in [0.5, 0.6) is 0 Å². The Morgan fingerprint density at radius 2 is 1.97 bits per heavy atom. The van der Waals surface area contributed by atoms with Crippen molar-refractivity contribution in [1.82, 2.24) is 9.88 Å². The fraction of sp³-hybridized carbons (Fsp3) is 0.143. The first-order valence-electron chi connectivity index (χ1n) is 9.16. The lowest BCUT2D eigenvalue weighted by Gasteiger charge is -2.13. The van der Waals surface area contributed by atoms with Crippen LogP contribution in [0.25, 0.3) is 16.3 Å². The van der Waals surface area contributed by atoms with E-state index in [-0.39, 0.29) is 18.2 Å². The van der Waals surface area contributed by atoms with Crippen molar-refractivity contribution >= 4 is 84.5 Å². The van der Waals surface area contributed by atoms with Crippen LogP contribution in [0.4, 0.5) is 5.13 Å². The van der Waals surface area contributed by atoms with E-state index in [1.807, 2.05) is 42.5 Å². The molecule has 4 rings (SSSR count). The highest BCUT2D eigenvalue weighted by Crippen LogP contribution is 2.34. The monoisotopic (exact) mass is 473 g/mol. The molecule has 9 heteroatoms. The van der Waals surface area contributed by atoms with E-state index in [4.69, 9.17) is 23.8 Å². The van der Waals surface area contributed by atoms with Gasteiger partial charge >= 0.3 is 0 Å². The smallest absolute Gasteiger partial charge is 0.266 e.